The van der Waals surface area contributed by atoms with Crippen molar-refractivity contribution >= 4 is 34.4 Å². The Morgan fingerprint density at radius 3 is 2.53 bits per heavy atom. The van der Waals surface area contributed by atoms with Gasteiger partial charge in [-0.1, -0.05) is 34.9 Å². The van der Waals surface area contributed by atoms with E-state index in [0.29, 0.717) is 0 Å². The van der Waals surface area contributed by atoms with Gasteiger partial charge < -0.3 is 15.5 Å². The van der Waals surface area contributed by atoms with Crippen molar-refractivity contribution in [2.75, 3.05) is 31.5 Å². The van der Waals surface area contributed by atoms with Gasteiger partial charge in [0.05, 0.1) is 0 Å². The van der Waals surface area contributed by atoms with Crippen LogP contribution in [0, 0.1) is 11.3 Å². The Kier molecular flexibility index (Phi) is 9.34. The first-order valence-electron chi connectivity index (χ1n) is 11.5. The number of halogens is 3. The smallest absolute Gasteiger partial charge is 0.355 e. The van der Waals surface area contributed by atoms with E-state index in [1.54, 1.807) is 12.2 Å². The lowest BCUT2D eigenvalue weighted by Gasteiger charge is -2.14. The molecule has 0 aliphatic carbocycles. The number of nitriles is 1. The number of nitrogens with one attached hydrogen (secondary N) is 2. The van der Waals surface area contributed by atoms with Gasteiger partial charge in [0.25, 0.3) is 11.5 Å². The molecule has 2 heterocycles. The van der Waals surface area contributed by atoms with Crippen LogP contribution in [0.1, 0.15) is 25.3 Å². The molecule has 0 radical (unpaired) electrons. The minimum Gasteiger partial charge on any atom is -0.355 e. The second kappa shape index (κ2) is 12.4. The SMILES string of the molecule is CCn1c(=C=C(C#N)C(=O)NCC(F)(F)F)sc(=C=CNc2ccc(CCN3CCCC3)cc2)c1=O. The van der Waals surface area contributed by atoms with E-state index in [9.17, 15) is 28.0 Å². The summed E-state index contributed by atoms with van der Waals surface area (Å²) in [5.41, 5.74) is 6.33. The van der Waals surface area contributed by atoms with Crippen LogP contribution in [0.25, 0.3) is 11.5 Å². The number of hydrogen-bond acceptors (Lipinski definition) is 6. The molecule has 0 spiro atoms. The van der Waals surface area contributed by atoms with Crippen molar-refractivity contribution < 1.29 is 18.0 Å². The average molecular weight is 518 g/mol. The number of alkyl halides is 3. The fourth-order valence-electron chi connectivity index (χ4n) is 3.64. The maximum atomic E-state index is 12.7. The van der Waals surface area contributed by atoms with Crippen LogP contribution in [0.3, 0.4) is 0 Å². The number of likely N-dealkylation sites (tertiary alicyclic amines) is 1. The number of carbonyl (C=O) groups is 1. The third-order valence-corrected chi connectivity index (χ3v) is 6.54. The lowest BCUT2D eigenvalue weighted by Crippen LogP contribution is -2.34. The molecule has 36 heavy (non-hydrogen) atoms. The third kappa shape index (κ3) is 7.74. The second-order valence-electron chi connectivity index (χ2n) is 8.12. The second-order valence-corrected chi connectivity index (χ2v) is 9.12. The Hall–Kier alpha value is -3.54. The predicted octanol–water partition coefficient (Wildman–Crippen LogP) is 2.08. The number of amides is 1. The van der Waals surface area contributed by atoms with Gasteiger partial charge in [-0.2, -0.15) is 18.4 Å². The van der Waals surface area contributed by atoms with Gasteiger partial charge in [-0.05, 0) is 57.0 Å². The molecule has 190 valence electrons. The molecule has 0 bridgehead atoms. The minimum absolute atomic E-state index is 0.138. The van der Waals surface area contributed by atoms with Crippen LogP contribution in [-0.2, 0) is 17.8 Å². The van der Waals surface area contributed by atoms with Crippen molar-refractivity contribution in [3.05, 3.63) is 61.2 Å². The van der Waals surface area contributed by atoms with Gasteiger partial charge in [0, 0.05) is 25.0 Å². The van der Waals surface area contributed by atoms with Gasteiger partial charge in [-0.25, -0.2) is 0 Å². The molecule has 1 aliphatic rings. The molecule has 2 N–H and O–H groups in total. The lowest BCUT2D eigenvalue weighted by atomic mass is 10.1. The summed E-state index contributed by atoms with van der Waals surface area (Å²) in [5.74, 6) is -1.22. The Balaban J connectivity index is 1.79. The number of carbonyl (C=O) groups excluding carboxylic acids is 1. The normalized spacial score (nSPS) is 13.4. The summed E-state index contributed by atoms with van der Waals surface area (Å²) >= 11 is 0.930. The van der Waals surface area contributed by atoms with E-state index in [1.807, 2.05) is 24.3 Å². The van der Waals surface area contributed by atoms with Gasteiger partial charge in [0.15, 0.2) is 5.57 Å². The number of rotatable bonds is 8. The average Bonchev–Trinajstić information content (AvgIpc) is 3.47. The first kappa shape index (κ1) is 27.1. The molecular formula is C25H26F3N5O2S. The van der Waals surface area contributed by atoms with Crippen molar-refractivity contribution in [2.45, 2.75) is 38.9 Å². The number of anilines is 1. The van der Waals surface area contributed by atoms with Crippen molar-refractivity contribution in [3.8, 4) is 6.07 Å². The summed E-state index contributed by atoms with van der Waals surface area (Å²) < 4.78 is 38.6. The van der Waals surface area contributed by atoms with Gasteiger partial charge in [0.1, 0.15) is 21.8 Å². The van der Waals surface area contributed by atoms with Crippen LogP contribution in [0.15, 0.2) is 40.8 Å². The van der Waals surface area contributed by atoms with Crippen molar-refractivity contribution in [2.24, 2.45) is 0 Å². The summed E-state index contributed by atoms with van der Waals surface area (Å²) in [4.78, 5) is 27.1. The maximum absolute atomic E-state index is 12.7. The topological polar surface area (TPSA) is 90.2 Å². The van der Waals surface area contributed by atoms with Gasteiger partial charge in [-0.3, -0.25) is 14.2 Å². The van der Waals surface area contributed by atoms with Crippen molar-refractivity contribution in [1.29, 1.82) is 5.26 Å². The molecule has 7 nitrogen and oxygen atoms in total. The molecule has 2 aromatic rings. The Bertz CT molecular complexity index is 1370. The van der Waals surface area contributed by atoms with E-state index in [4.69, 9.17) is 0 Å². The largest absolute Gasteiger partial charge is 0.405 e. The van der Waals surface area contributed by atoms with Crippen LogP contribution in [-0.4, -0.2) is 47.7 Å². The molecule has 0 unspecified atom stereocenters. The highest BCUT2D eigenvalue weighted by Crippen LogP contribution is 2.13. The molecule has 1 aromatic carbocycles. The number of aromatic nitrogens is 1. The van der Waals surface area contributed by atoms with Crippen LogP contribution < -0.4 is 25.4 Å². The molecular weight excluding hydrogens is 491 g/mol. The first-order valence-corrected chi connectivity index (χ1v) is 12.3. The van der Waals surface area contributed by atoms with Gasteiger partial charge >= 0.3 is 6.18 Å². The standard InChI is InChI=1S/C25H26F3N5O2S/c1-2-33-22(15-19(16-29)23(34)31-17-25(26,27)28)36-21(24(33)35)9-11-30-20-7-5-18(6-8-20)10-14-32-12-3-4-13-32/h5-8,11,30H,2-4,10,12-14,17H2,1H3,(H,31,34). The van der Waals surface area contributed by atoms with Crippen LogP contribution in [0.2, 0.25) is 0 Å². The molecule has 0 atom stereocenters. The molecule has 1 amide bonds. The summed E-state index contributed by atoms with van der Waals surface area (Å²) in [5, 5.41) is 13.9. The van der Waals surface area contributed by atoms with Crippen LogP contribution in [0.4, 0.5) is 18.9 Å². The third-order valence-electron chi connectivity index (χ3n) is 5.53. The van der Waals surface area contributed by atoms with E-state index >= 15 is 0 Å². The fourth-order valence-corrected chi connectivity index (χ4v) is 4.62. The van der Waals surface area contributed by atoms with E-state index in [-0.39, 0.29) is 15.7 Å². The van der Waals surface area contributed by atoms with Crippen LogP contribution in [0.5, 0.6) is 0 Å². The number of thiazole rings is 1. The summed E-state index contributed by atoms with van der Waals surface area (Å²) in [7, 11) is 0. The zero-order valence-electron chi connectivity index (χ0n) is 19.7. The van der Waals surface area contributed by atoms with Crippen molar-refractivity contribution in [3.63, 3.8) is 0 Å². The first-order chi connectivity index (χ1) is 17.2. The molecule has 11 heteroatoms. The summed E-state index contributed by atoms with van der Waals surface area (Å²) in [6.07, 6.45) is 0.400. The highest BCUT2D eigenvalue weighted by atomic mass is 32.1. The maximum Gasteiger partial charge on any atom is 0.405 e. The Morgan fingerprint density at radius 2 is 1.92 bits per heavy atom. The minimum atomic E-state index is -4.61. The van der Waals surface area contributed by atoms with E-state index < -0.39 is 29.8 Å². The van der Waals surface area contributed by atoms with E-state index in [2.05, 4.69) is 21.7 Å². The van der Waals surface area contributed by atoms with E-state index in [1.165, 1.54) is 48.3 Å². The predicted molar refractivity (Wildman–Crippen MR) is 133 cm³/mol. The van der Waals surface area contributed by atoms with E-state index in [0.717, 1.165) is 30.0 Å². The Morgan fingerprint density at radius 1 is 1.22 bits per heavy atom. The molecule has 3 rings (SSSR count). The number of nitrogens with zero attached hydrogens (tertiary/aromatic N) is 3. The van der Waals surface area contributed by atoms with Gasteiger partial charge in [0.2, 0.25) is 0 Å². The van der Waals surface area contributed by atoms with Crippen molar-refractivity contribution in [1.82, 2.24) is 14.8 Å². The lowest BCUT2D eigenvalue weighted by molar-refractivity contribution is -0.136. The number of benzene rings is 1. The summed E-state index contributed by atoms with van der Waals surface area (Å²) in [6.45, 7) is 3.72. The highest BCUT2D eigenvalue weighted by molar-refractivity contribution is 7.07. The molecule has 0 saturated carbocycles. The Labute approximate surface area is 210 Å². The zero-order valence-corrected chi connectivity index (χ0v) is 20.6. The molecule has 1 fully saturated rings. The molecule has 1 aromatic heterocycles. The molecule has 1 saturated heterocycles. The number of hydrogen-bond donors (Lipinski definition) is 2. The fraction of sp³-hybridized carbons (Fsp3) is 0.400. The van der Waals surface area contributed by atoms with Gasteiger partial charge in [-0.15, -0.1) is 0 Å². The van der Waals surface area contributed by atoms with Crippen LogP contribution >= 0.6 is 11.3 Å². The monoisotopic (exact) mass is 517 g/mol. The molecule has 1 aliphatic heterocycles. The zero-order chi connectivity index (χ0) is 26.1. The quantitative estimate of drug-likeness (QED) is 0.414. The summed E-state index contributed by atoms with van der Waals surface area (Å²) in [6, 6.07) is 9.51. The highest BCUT2D eigenvalue weighted by Gasteiger charge is 2.28.